The minimum atomic E-state index is -1.03. The highest BCUT2D eigenvalue weighted by Crippen LogP contribution is 2.25. The van der Waals surface area contributed by atoms with Gasteiger partial charge in [-0.05, 0) is 49.4 Å². The lowest BCUT2D eigenvalue weighted by Crippen LogP contribution is -2.60. The molecule has 1 fully saturated rings. The molecular weight excluding hydrogens is 332 g/mol. The Morgan fingerprint density at radius 1 is 1.27 bits per heavy atom. The Kier molecular flexibility index (Phi) is 6.41. The minimum Gasteiger partial charge on any atom is -0.467 e. The summed E-state index contributed by atoms with van der Waals surface area (Å²) in [5, 5.41) is 4.66. The fraction of sp³-hybridized carbons (Fsp3) is 0.500. The number of nitrogens with one attached hydrogen (secondary N) is 1. The van der Waals surface area contributed by atoms with Crippen molar-refractivity contribution in [1.82, 2.24) is 10.4 Å². The van der Waals surface area contributed by atoms with Crippen LogP contribution in [0.15, 0.2) is 12.1 Å². The summed E-state index contributed by atoms with van der Waals surface area (Å²) in [6.07, 6.45) is 6.57. The van der Waals surface area contributed by atoms with Crippen molar-refractivity contribution in [1.29, 1.82) is 0 Å². The van der Waals surface area contributed by atoms with Gasteiger partial charge in [-0.1, -0.05) is 12.0 Å². The number of esters is 1. The standard InChI is InChI=1S/C20H26N2O4/c1-6-16-12-14(2)11-15(3)17(16)13-18(23)21-20(19(24)25-4)7-9-22(26-5)10-8-20/h1,11-12H,7-10,13H2,2-5H3,(H,21,23). The average molecular weight is 358 g/mol. The highest BCUT2D eigenvalue weighted by atomic mass is 16.7. The van der Waals surface area contributed by atoms with Crippen molar-refractivity contribution in [3.05, 3.63) is 34.4 Å². The molecule has 0 spiro atoms. The van der Waals surface area contributed by atoms with Crippen molar-refractivity contribution in [2.45, 2.75) is 38.6 Å². The Labute approximate surface area is 154 Å². The molecule has 0 radical (unpaired) electrons. The summed E-state index contributed by atoms with van der Waals surface area (Å²) in [4.78, 5) is 30.3. The summed E-state index contributed by atoms with van der Waals surface area (Å²) in [5.41, 5.74) is 2.51. The lowest BCUT2D eigenvalue weighted by Gasteiger charge is -2.39. The van der Waals surface area contributed by atoms with Gasteiger partial charge < -0.3 is 14.9 Å². The SMILES string of the molecule is C#Cc1cc(C)cc(C)c1CC(=O)NC1(C(=O)OC)CCN(OC)CC1. The lowest BCUT2D eigenvalue weighted by atomic mass is 9.87. The van der Waals surface area contributed by atoms with E-state index in [4.69, 9.17) is 16.0 Å². The average Bonchev–Trinajstić information content (AvgIpc) is 2.63. The number of hydrogen-bond acceptors (Lipinski definition) is 5. The molecule has 0 aliphatic carbocycles. The number of ether oxygens (including phenoxy) is 1. The highest BCUT2D eigenvalue weighted by molar-refractivity contribution is 5.89. The number of hydrogen-bond donors (Lipinski definition) is 1. The maximum absolute atomic E-state index is 12.7. The Hall–Kier alpha value is -2.36. The van der Waals surface area contributed by atoms with Gasteiger partial charge in [0.1, 0.15) is 5.54 Å². The molecule has 1 heterocycles. The van der Waals surface area contributed by atoms with Crippen LogP contribution in [0.2, 0.25) is 0 Å². The quantitative estimate of drug-likeness (QED) is 0.638. The minimum absolute atomic E-state index is 0.123. The number of amides is 1. The van der Waals surface area contributed by atoms with Crippen molar-refractivity contribution >= 4 is 11.9 Å². The van der Waals surface area contributed by atoms with E-state index in [1.54, 1.807) is 12.2 Å². The van der Waals surface area contributed by atoms with Crippen molar-refractivity contribution in [2.75, 3.05) is 27.3 Å². The molecule has 6 heteroatoms. The first-order valence-electron chi connectivity index (χ1n) is 8.60. The second kappa shape index (κ2) is 8.35. The molecule has 1 aromatic rings. The number of piperidine rings is 1. The fourth-order valence-corrected chi connectivity index (χ4v) is 3.46. The second-order valence-corrected chi connectivity index (χ2v) is 6.66. The molecule has 1 aromatic carbocycles. The number of benzene rings is 1. The van der Waals surface area contributed by atoms with Crippen molar-refractivity contribution in [3.8, 4) is 12.3 Å². The molecule has 0 bridgehead atoms. The first-order valence-corrected chi connectivity index (χ1v) is 8.60. The number of carbonyl (C=O) groups is 2. The molecule has 0 unspecified atom stereocenters. The van der Waals surface area contributed by atoms with Gasteiger partial charge in [0.25, 0.3) is 0 Å². The van der Waals surface area contributed by atoms with Crippen LogP contribution in [0.3, 0.4) is 0 Å². The summed E-state index contributed by atoms with van der Waals surface area (Å²) in [7, 11) is 2.92. The largest absolute Gasteiger partial charge is 0.467 e. The van der Waals surface area contributed by atoms with Gasteiger partial charge >= 0.3 is 5.97 Å². The molecule has 0 atom stereocenters. The molecule has 1 aliphatic rings. The van der Waals surface area contributed by atoms with Crippen LogP contribution in [-0.4, -0.2) is 49.8 Å². The Morgan fingerprint density at radius 2 is 1.92 bits per heavy atom. The van der Waals surface area contributed by atoms with Gasteiger partial charge in [-0.3, -0.25) is 4.79 Å². The Morgan fingerprint density at radius 3 is 2.46 bits per heavy atom. The number of carbonyl (C=O) groups excluding carboxylic acids is 2. The normalized spacial score (nSPS) is 16.6. The topological polar surface area (TPSA) is 67.9 Å². The summed E-state index contributed by atoms with van der Waals surface area (Å²) in [5.74, 6) is 1.97. The monoisotopic (exact) mass is 358 g/mol. The number of aryl methyl sites for hydroxylation is 2. The first-order chi connectivity index (χ1) is 12.3. The van der Waals surface area contributed by atoms with Crippen molar-refractivity contribution in [3.63, 3.8) is 0 Å². The Balaban J connectivity index is 2.19. The van der Waals surface area contributed by atoms with E-state index in [0.717, 1.165) is 16.7 Å². The van der Waals surface area contributed by atoms with E-state index in [-0.39, 0.29) is 12.3 Å². The van der Waals surface area contributed by atoms with Crippen LogP contribution in [0.4, 0.5) is 0 Å². The van der Waals surface area contributed by atoms with Gasteiger partial charge in [0.05, 0.1) is 20.6 Å². The van der Waals surface area contributed by atoms with Gasteiger partial charge in [0, 0.05) is 18.7 Å². The molecule has 1 N–H and O–H groups in total. The summed E-state index contributed by atoms with van der Waals surface area (Å²) in [6.45, 7) is 4.97. The third kappa shape index (κ3) is 4.24. The second-order valence-electron chi connectivity index (χ2n) is 6.66. The van der Waals surface area contributed by atoms with E-state index in [9.17, 15) is 9.59 Å². The molecule has 0 saturated carbocycles. The predicted octanol–water partition coefficient (Wildman–Crippen LogP) is 1.51. The van der Waals surface area contributed by atoms with Gasteiger partial charge in [0.15, 0.2) is 0 Å². The molecular formula is C20H26N2O4. The number of nitrogens with zero attached hydrogens (tertiary/aromatic N) is 1. The molecule has 26 heavy (non-hydrogen) atoms. The summed E-state index contributed by atoms with van der Waals surface area (Å²) >= 11 is 0. The zero-order valence-corrected chi connectivity index (χ0v) is 15.8. The molecule has 1 amide bonds. The van der Waals surface area contributed by atoms with Crippen LogP contribution >= 0.6 is 0 Å². The maximum atomic E-state index is 12.7. The van der Waals surface area contributed by atoms with E-state index >= 15 is 0 Å². The van der Waals surface area contributed by atoms with Crippen LogP contribution in [0.1, 0.15) is 35.1 Å². The predicted molar refractivity (Wildman–Crippen MR) is 98.3 cm³/mol. The lowest BCUT2D eigenvalue weighted by molar-refractivity contribution is -0.171. The number of rotatable bonds is 5. The van der Waals surface area contributed by atoms with Crippen molar-refractivity contribution in [2.24, 2.45) is 0 Å². The zero-order valence-electron chi connectivity index (χ0n) is 15.8. The fourth-order valence-electron chi connectivity index (χ4n) is 3.46. The van der Waals surface area contributed by atoms with Gasteiger partial charge in [-0.25, -0.2) is 4.79 Å². The number of hydroxylamine groups is 2. The summed E-state index contributed by atoms with van der Waals surface area (Å²) in [6, 6.07) is 3.89. The van der Waals surface area contributed by atoms with Gasteiger partial charge in [0.2, 0.25) is 5.91 Å². The Bertz CT molecular complexity index is 728. The third-order valence-corrected chi connectivity index (χ3v) is 4.90. The smallest absolute Gasteiger partial charge is 0.331 e. The van der Waals surface area contributed by atoms with Crippen LogP contribution in [0, 0.1) is 26.2 Å². The summed E-state index contributed by atoms with van der Waals surface area (Å²) < 4.78 is 4.95. The number of methoxy groups -OCH3 is 1. The van der Waals surface area contributed by atoms with Gasteiger partial charge in [-0.15, -0.1) is 6.42 Å². The van der Waals surface area contributed by atoms with Crippen molar-refractivity contribution < 1.29 is 19.2 Å². The molecule has 1 saturated heterocycles. The maximum Gasteiger partial charge on any atom is 0.331 e. The number of terminal acetylenes is 1. The van der Waals surface area contributed by atoms with E-state index in [0.29, 0.717) is 31.5 Å². The van der Waals surface area contributed by atoms with E-state index in [1.807, 2.05) is 26.0 Å². The zero-order chi connectivity index (χ0) is 19.3. The van der Waals surface area contributed by atoms with Gasteiger partial charge in [-0.2, -0.15) is 5.06 Å². The third-order valence-electron chi connectivity index (χ3n) is 4.90. The first kappa shape index (κ1) is 20.0. The molecule has 140 valence electrons. The van der Waals surface area contributed by atoms with Crippen LogP contribution in [0.25, 0.3) is 0 Å². The molecule has 6 nitrogen and oxygen atoms in total. The van der Waals surface area contributed by atoms with E-state index < -0.39 is 11.5 Å². The molecule has 0 aromatic heterocycles. The highest BCUT2D eigenvalue weighted by Gasteiger charge is 2.44. The van der Waals surface area contributed by atoms with E-state index in [2.05, 4.69) is 11.2 Å². The molecule has 1 aliphatic heterocycles. The van der Waals surface area contributed by atoms with Crippen LogP contribution in [-0.2, 0) is 25.6 Å². The molecule has 2 rings (SSSR count). The van der Waals surface area contributed by atoms with Crippen LogP contribution in [0.5, 0.6) is 0 Å². The van der Waals surface area contributed by atoms with E-state index in [1.165, 1.54) is 7.11 Å². The van der Waals surface area contributed by atoms with Crippen LogP contribution < -0.4 is 5.32 Å².